The van der Waals surface area contributed by atoms with Crippen LogP contribution in [-0.2, 0) is 6.42 Å². The summed E-state index contributed by atoms with van der Waals surface area (Å²) >= 11 is 3.52. The number of imidazole rings is 1. The second-order valence-electron chi connectivity index (χ2n) is 5.58. The van der Waals surface area contributed by atoms with Crippen LogP contribution in [0.4, 0.5) is 0 Å². The van der Waals surface area contributed by atoms with Crippen molar-refractivity contribution in [3.63, 3.8) is 0 Å². The molecule has 2 N–H and O–H groups in total. The third kappa shape index (κ3) is 3.61. The van der Waals surface area contributed by atoms with Crippen molar-refractivity contribution in [1.82, 2.24) is 9.55 Å². The fourth-order valence-corrected chi connectivity index (χ4v) is 3.00. The highest BCUT2D eigenvalue weighted by molar-refractivity contribution is 9.10. The molecule has 1 aromatic heterocycles. The second-order valence-corrected chi connectivity index (χ2v) is 6.49. The zero-order valence-electron chi connectivity index (χ0n) is 12.4. The Balaban J connectivity index is 2.16. The first kappa shape index (κ1) is 15.5. The molecule has 2 rings (SSSR count). The van der Waals surface area contributed by atoms with Gasteiger partial charge in [-0.3, -0.25) is 0 Å². The van der Waals surface area contributed by atoms with Gasteiger partial charge in [-0.25, -0.2) is 4.98 Å². The monoisotopic (exact) mass is 337 g/mol. The predicted molar refractivity (Wildman–Crippen MR) is 89.0 cm³/mol. The third-order valence-electron chi connectivity index (χ3n) is 3.60. The number of fused-ring (bicyclic) bond motifs is 1. The van der Waals surface area contributed by atoms with Gasteiger partial charge in [0.15, 0.2) is 0 Å². The number of hydrogen-bond acceptors (Lipinski definition) is 2. The number of unbranched alkanes of at least 4 members (excludes halogenated alkanes) is 3. The molecule has 4 heteroatoms. The molecule has 3 nitrogen and oxygen atoms in total. The number of halogens is 1. The van der Waals surface area contributed by atoms with Crippen molar-refractivity contribution in [2.75, 3.05) is 6.54 Å². The smallest absolute Gasteiger partial charge is 0.110 e. The van der Waals surface area contributed by atoms with Crippen LogP contribution in [0.3, 0.4) is 0 Å². The molecule has 20 heavy (non-hydrogen) atoms. The Kier molecular flexibility index (Phi) is 5.61. The molecule has 0 aliphatic heterocycles. The van der Waals surface area contributed by atoms with Crippen LogP contribution in [0.15, 0.2) is 22.7 Å². The highest BCUT2D eigenvalue weighted by Crippen LogP contribution is 2.25. The quantitative estimate of drug-likeness (QED) is 0.759. The highest BCUT2D eigenvalue weighted by Gasteiger charge is 2.13. The van der Waals surface area contributed by atoms with Gasteiger partial charge in [-0.2, -0.15) is 0 Å². The van der Waals surface area contributed by atoms with E-state index in [2.05, 4.69) is 52.5 Å². The van der Waals surface area contributed by atoms with Gasteiger partial charge in [-0.15, -0.1) is 0 Å². The Morgan fingerprint density at radius 3 is 2.65 bits per heavy atom. The summed E-state index contributed by atoms with van der Waals surface area (Å²) in [7, 11) is 0. The van der Waals surface area contributed by atoms with Gasteiger partial charge in [0.25, 0.3) is 0 Å². The van der Waals surface area contributed by atoms with Crippen LogP contribution in [-0.4, -0.2) is 16.1 Å². The SMILES string of the molecule is CC(C)n1c(CCCCCCN)nc2cc(Br)ccc21. The van der Waals surface area contributed by atoms with E-state index >= 15 is 0 Å². The maximum atomic E-state index is 5.53. The number of aryl methyl sites for hydroxylation is 1. The normalized spacial score (nSPS) is 11.7. The molecule has 0 spiro atoms. The number of nitrogens with two attached hydrogens (primary N) is 1. The zero-order chi connectivity index (χ0) is 14.5. The Morgan fingerprint density at radius 2 is 1.95 bits per heavy atom. The van der Waals surface area contributed by atoms with Crippen molar-refractivity contribution in [1.29, 1.82) is 0 Å². The topological polar surface area (TPSA) is 43.8 Å². The first-order valence-corrected chi connectivity index (χ1v) is 8.29. The molecule has 0 fully saturated rings. The molecule has 0 saturated heterocycles. The average Bonchev–Trinajstić information content (AvgIpc) is 2.75. The Bertz CT molecular complexity index is 560. The fraction of sp³-hybridized carbons (Fsp3) is 0.562. The molecule has 1 heterocycles. The standard InChI is InChI=1S/C16H24BrN3/c1-12(2)20-15-9-8-13(17)11-14(15)19-16(20)7-5-3-4-6-10-18/h8-9,11-12H,3-7,10,18H2,1-2H3. The first-order chi connectivity index (χ1) is 9.63. The van der Waals surface area contributed by atoms with Crippen molar-refractivity contribution >= 4 is 27.0 Å². The minimum atomic E-state index is 0.445. The lowest BCUT2D eigenvalue weighted by Gasteiger charge is -2.13. The number of aromatic nitrogens is 2. The van der Waals surface area contributed by atoms with Crippen LogP contribution in [0.5, 0.6) is 0 Å². The number of hydrogen-bond donors (Lipinski definition) is 1. The minimum absolute atomic E-state index is 0.445. The minimum Gasteiger partial charge on any atom is -0.330 e. The van der Waals surface area contributed by atoms with Crippen LogP contribution in [0, 0.1) is 0 Å². The predicted octanol–water partition coefficient (Wildman–Crippen LogP) is 4.44. The zero-order valence-corrected chi connectivity index (χ0v) is 14.0. The highest BCUT2D eigenvalue weighted by atomic mass is 79.9. The summed E-state index contributed by atoms with van der Waals surface area (Å²) in [5.41, 5.74) is 7.85. The van der Waals surface area contributed by atoms with Crippen LogP contribution in [0.1, 0.15) is 51.4 Å². The van der Waals surface area contributed by atoms with Gasteiger partial charge in [0.05, 0.1) is 11.0 Å². The van der Waals surface area contributed by atoms with E-state index in [1.807, 2.05) is 0 Å². The molecule has 0 amide bonds. The van der Waals surface area contributed by atoms with Crippen LogP contribution in [0.25, 0.3) is 11.0 Å². The van der Waals surface area contributed by atoms with Gasteiger partial charge in [-0.1, -0.05) is 28.8 Å². The molecule has 1 aromatic carbocycles. The molecule has 0 aliphatic rings. The maximum absolute atomic E-state index is 5.53. The van der Waals surface area contributed by atoms with E-state index in [4.69, 9.17) is 10.7 Å². The molecular formula is C16H24BrN3. The molecule has 2 aromatic rings. The summed E-state index contributed by atoms with van der Waals surface area (Å²) in [6.45, 7) is 5.25. The Morgan fingerprint density at radius 1 is 1.20 bits per heavy atom. The van der Waals surface area contributed by atoms with E-state index in [1.54, 1.807) is 0 Å². The number of rotatable bonds is 7. The molecule has 0 unspecified atom stereocenters. The lowest BCUT2D eigenvalue weighted by molar-refractivity contribution is 0.562. The van der Waals surface area contributed by atoms with Gasteiger partial charge in [0.2, 0.25) is 0 Å². The third-order valence-corrected chi connectivity index (χ3v) is 4.09. The van der Waals surface area contributed by atoms with E-state index < -0.39 is 0 Å². The molecule has 0 saturated carbocycles. The largest absolute Gasteiger partial charge is 0.330 e. The molecule has 0 aliphatic carbocycles. The molecule has 0 atom stereocenters. The number of nitrogens with zero attached hydrogens (tertiary/aromatic N) is 2. The fourth-order valence-electron chi connectivity index (χ4n) is 2.66. The van der Waals surface area contributed by atoms with E-state index in [1.165, 1.54) is 30.6 Å². The molecule has 0 bridgehead atoms. The number of benzene rings is 1. The lowest BCUT2D eigenvalue weighted by Crippen LogP contribution is -2.06. The van der Waals surface area contributed by atoms with Gasteiger partial charge in [0, 0.05) is 16.9 Å². The first-order valence-electron chi connectivity index (χ1n) is 7.50. The molecule has 0 radical (unpaired) electrons. The van der Waals surface area contributed by atoms with Crippen molar-refractivity contribution < 1.29 is 0 Å². The van der Waals surface area contributed by atoms with Gasteiger partial charge in [0.1, 0.15) is 5.82 Å². The molecular weight excluding hydrogens is 314 g/mol. The van der Waals surface area contributed by atoms with E-state index in [-0.39, 0.29) is 0 Å². The Hall–Kier alpha value is -0.870. The van der Waals surface area contributed by atoms with Crippen LogP contribution < -0.4 is 5.73 Å². The summed E-state index contributed by atoms with van der Waals surface area (Å²) in [6.07, 6.45) is 5.84. The summed E-state index contributed by atoms with van der Waals surface area (Å²) in [5.74, 6) is 1.21. The van der Waals surface area contributed by atoms with Crippen LogP contribution >= 0.6 is 15.9 Å². The van der Waals surface area contributed by atoms with E-state index in [0.717, 1.165) is 29.4 Å². The van der Waals surface area contributed by atoms with Crippen LogP contribution in [0.2, 0.25) is 0 Å². The summed E-state index contributed by atoms with van der Waals surface area (Å²) < 4.78 is 3.46. The van der Waals surface area contributed by atoms with E-state index in [0.29, 0.717) is 6.04 Å². The lowest BCUT2D eigenvalue weighted by atomic mass is 10.1. The van der Waals surface area contributed by atoms with E-state index in [9.17, 15) is 0 Å². The van der Waals surface area contributed by atoms with Gasteiger partial charge in [-0.05, 0) is 51.4 Å². The average molecular weight is 338 g/mol. The summed E-state index contributed by atoms with van der Waals surface area (Å²) in [4.78, 5) is 4.82. The van der Waals surface area contributed by atoms with Crippen molar-refractivity contribution in [3.05, 3.63) is 28.5 Å². The second kappa shape index (κ2) is 7.23. The summed E-state index contributed by atoms with van der Waals surface area (Å²) in [6, 6.07) is 6.80. The maximum Gasteiger partial charge on any atom is 0.110 e. The summed E-state index contributed by atoms with van der Waals surface area (Å²) in [5, 5.41) is 0. The van der Waals surface area contributed by atoms with Crippen molar-refractivity contribution in [2.45, 2.75) is 52.0 Å². The van der Waals surface area contributed by atoms with Gasteiger partial charge < -0.3 is 10.3 Å². The van der Waals surface area contributed by atoms with Gasteiger partial charge >= 0.3 is 0 Å². The molecule has 110 valence electrons. The Labute approximate surface area is 129 Å². The van der Waals surface area contributed by atoms with Crippen molar-refractivity contribution in [2.24, 2.45) is 5.73 Å². The van der Waals surface area contributed by atoms with Crippen molar-refractivity contribution in [3.8, 4) is 0 Å².